The minimum atomic E-state index is -0.248. The third kappa shape index (κ3) is 4.14. The van der Waals surface area contributed by atoms with Gasteiger partial charge in [-0.25, -0.2) is 0 Å². The fourth-order valence-electron chi connectivity index (χ4n) is 11.0. The van der Waals surface area contributed by atoms with Gasteiger partial charge < -0.3 is 0 Å². The molecule has 2 aliphatic heterocycles. The molecule has 58 heavy (non-hydrogen) atoms. The second kappa shape index (κ2) is 12.0. The number of rotatable bonds is 5. The van der Waals surface area contributed by atoms with Crippen LogP contribution in [0.1, 0.15) is 75.9 Å². The van der Waals surface area contributed by atoms with Gasteiger partial charge in [0.25, 0.3) is 0 Å². The summed E-state index contributed by atoms with van der Waals surface area (Å²) in [5, 5.41) is 4.42. The van der Waals surface area contributed by atoms with Crippen LogP contribution >= 0.6 is 68.9 Å². The summed E-state index contributed by atoms with van der Waals surface area (Å²) in [5.41, 5.74) is 17.6. The van der Waals surface area contributed by atoms with Crippen LogP contribution in [0.3, 0.4) is 0 Å². The maximum absolute atomic E-state index is 2.54. The van der Waals surface area contributed by atoms with Gasteiger partial charge in [0.05, 0.1) is 9.49 Å². The van der Waals surface area contributed by atoms with E-state index in [1.165, 1.54) is 106 Å². The van der Waals surface area contributed by atoms with Crippen molar-refractivity contribution in [3.63, 3.8) is 0 Å². The first-order valence-corrected chi connectivity index (χ1v) is 24.7. The van der Waals surface area contributed by atoms with Crippen LogP contribution in [-0.4, -0.2) is 0 Å². The topological polar surface area (TPSA) is 0 Å². The van der Waals surface area contributed by atoms with Crippen molar-refractivity contribution in [2.45, 2.75) is 21.3 Å². The summed E-state index contributed by atoms with van der Waals surface area (Å²) < 4.78 is -0.495. The number of thioether (sulfide) groups is 2. The number of hydrogen-bond donors (Lipinski definition) is 0. The van der Waals surface area contributed by atoms with E-state index in [2.05, 4.69) is 192 Å². The van der Waals surface area contributed by atoms with Crippen molar-refractivity contribution in [1.82, 2.24) is 0 Å². The average Bonchev–Trinajstić information content (AvgIpc) is 4.14. The molecule has 4 aromatic heterocycles. The highest BCUT2D eigenvalue weighted by atomic mass is 32.2. The summed E-state index contributed by atoms with van der Waals surface area (Å²) >= 11 is 11.8. The van der Waals surface area contributed by atoms with Crippen LogP contribution in [0.2, 0.25) is 0 Å². The zero-order chi connectivity index (χ0) is 37.7. The van der Waals surface area contributed by atoms with Gasteiger partial charge in [-0.05, 0) is 126 Å². The van der Waals surface area contributed by atoms with Crippen LogP contribution in [-0.2, 0) is 9.49 Å². The van der Waals surface area contributed by atoms with Crippen LogP contribution in [0.15, 0.2) is 180 Å². The van der Waals surface area contributed by atoms with Crippen molar-refractivity contribution in [3.05, 3.63) is 244 Å². The summed E-state index contributed by atoms with van der Waals surface area (Å²) in [5.74, 6) is 0.416. The van der Waals surface area contributed by atoms with Gasteiger partial charge in [0.1, 0.15) is 0 Å². The van der Waals surface area contributed by atoms with Gasteiger partial charge in [0, 0.05) is 50.9 Å². The number of hydrogen-bond acceptors (Lipinski definition) is 6. The Labute approximate surface area is 361 Å². The van der Waals surface area contributed by atoms with Crippen LogP contribution < -0.4 is 0 Å². The quantitative estimate of drug-likeness (QED) is 0.169. The summed E-state index contributed by atoms with van der Waals surface area (Å²) in [6.45, 7) is 0. The van der Waals surface area contributed by atoms with Crippen molar-refractivity contribution >= 4 is 89.8 Å². The first-order chi connectivity index (χ1) is 28.7. The van der Waals surface area contributed by atoms with Crippen molar-refractivity contribution in [2.24, 2.45) is 0 Å². The predicted octanol–water partition coefficient (Wildman–Crippen LogP) is 15.5. The molecule has 6 aliphatic carbocycles. The molecule has 0 N–H and O–H groups in total. The second-order valence-electron chi connectivity index (χ2n) is 15.7. The molecular formula is C52H30S6. The highest BCUT2D eigenvalue weighted by Gasteiger charge is 2.58. The molecule has 0 fully saturated rings. The second-order valence-corrected chi connectivity index (χ2v) is 22.3. The number of allylic oxidation sites excluding steroid dienone is 4. The first-order valence-electron chi connectivity index (χ1n) is 19.7. The van der Waals surface area contributed by atoms with Gasteiger partial charge in [-0.3, -0.25) is 0 Å². The molecule has 6 heterocycles. The lowest BCUT2D eigenvalue weighted by Crippen LogP contribution is -2.37. The van der Waals surface area contributed by atoms with Crippen LogP contribution in [0.4, 0.5) is 0 Å². The van der Waals surface area contributed by atoms with Gasteiger partial charge in [-0.15, -0.1) is 68.9 Å². The first kappa shape index (κ1) is 33.2. The Morgan fingerprint density at radius 1 is 0.345 bits per heavy atom. The van der Waals surface area contributed by atoms with Gasteiger partial charge in [-0.2, -0.15) is 0 Å². The van der Waals surface area contributed by atoms with Crippen molar-refractivity contribution in [2.75, 3.05) is 0 Å². The molecule has 274 valence electrons. The Bertz CT molecular complexity index is 2880. The van der Waals surface area contributed by atoms with E-state index >= 15 is 0 Å². The van der Waals surface area contributed by atoms with Gasteiger partial charge in [0.2, 0.25) is 0 Å². The summed E-state index contributed by atoms with van der Waals surface area (Å²) in [4.78, 5) is 10.9. The Morgan fingerprint density at radius 3 is 1.07 bits per heavy atom. The standard InChI is InChI=1S/C52H30S6/c1-5-15-33-29(11-1)47-30-12-2-6-16-34(30)51(33)37(27-45(57-51)39-19-9-25-53-39)49(47)43-23-21-41(55-43)42-22-24-44(56-42)50-38-28-46(40-20-10-26-54-40)58-52(38)35-17-7-3-13-31(35)48(50)32-14-4-8-18-36(32)52/h1-28,47-48H. The number of thiophene rings is 4. The number of benzene rings is 4. The molecule has 2 spiro atoms. The lowest BCUT2D eigenvalue weighted by molar-refractivity contribution is 0.763. The summed E-state index contributed by atoms with van der Waals surface area (Å²) in [6, 6.07) is 55.7. The lowest BCUT2D eigenvalue weighted by atomic mass is 9.60. The predicted molar refractivity (Wildman–Crippen MR) is 252 cm³/mol. The van der Waals surface area contributed by atoms with Crippen LogP contribution in [0.25, 0.3) is 30.7 Å². The Morgan fingerprint density at radius 2 is 0.707 bits per heavy atom. The molecule has 0 saturated carbocycles. The fourth-order valence-corrected chi connectivity index (χ4v) is 18.2. The molecular weight excluding hydrogens is 817 g/mol. The minimum absolute atomic E-state index is 0.208. The zero-order valence-corrected chi connectivity index (χ0v) is 35.7. The molecule has 8 aliphatic rings. The van der Waals surface area contributed by atoms with E-state index < -0.39 is 0 Å². The van der Waals surface area contributed by atoms with Gasteiger partial charge in [0.15, 0.2) is 0 Å². The smallest absolute Gasteiger partial charge is 0.0964 e. The molecule has 4 aromatic carbocycles. The fraction of sp³-hybridized carbons (Fsp3) is 0.0769. The van der Waals surface area contributed by atoms with E-state index in [0.29, 0.717) is 0 Å². The molecule has 0 saturated heterocycles. The molecule has 0 radical (unpaired) electrons. The van der Waals surface area contributed by atoms with E-state index in [1.807, 2.05) is 45.3 Å². The molecule has 6 heteroatoms. The molecule has 0 unspecified atom stereocenters. The summed E-state index contributed by atoms with van der Waals surface area (Å²) in [6.07, 6.45) is 5.09. The molecule has 16 rings (SSSR count). The third-order valence-electron chi connectivity index (χ3n) is 13.1. The largest absolute Gasteiger partial charge is 0.143 e. The minimum Gasteiger partial charge on any atom is -0.143 e. The van der Waals surface area contributed by atoms with E-state index in [1.54, 1.807) is 0 Å². The van der Waals surface area contributed by atoms with Gasteiger partial charge in [-0.1, -0.05) is 109 Å². The molecule has 4 bridgehead atoms. The Balaban J connectivity index is 0.935. The average molecular weight is 847 g/mol. The van der Waals surface area contributed by atoms with Crippen molar-refractivity contribution in [1.29, 1.82) is 0 Å². The maximum Gasteiger partial charge on any atom is 0.0964 e. The molecule has 0 nitrogen and oxygen atoms in total. The summed E-state index contributed by atoms with van der Waals surface area (Å²) in [7, 11) is 0. The molecule has 0 amide bonds. The third-order valence-corrected chi connectivity index (χ3v) is 20.7. The van der Waals surface area contributed by atoms with Crippen molar-refractivity contribution in [3.8, 4) is 9.75 Å². The Hall–Kier alpha value is -4.66. The van der Waals surface area contributed by atoms with E-state index in [-0.39, 0.29) is 21.3 Å². The Kier molecular flexibility index (Phi) is 6.85. The van der Waals surface area contributed by atoms with E-state index in [9.17, 15) is 0 Å². The monoisotopic (exact) mass is 846 g/mol. The molecule has 8 aromatic rings. The van der Waals surface area contributed by atoms with Crippen molar-refractivity contribution < 1.29 is 0 Å². The SMILES string of the molecule is C1=C(c2cccs2)SC23C1=C(c1ccc(-c4ccc(C5=C6C=C(c7cccs7)SC67c6ccccc6C5c5ccccc57)s4)s1)C(c1ccccc12)c1ccccc13. The maximum atomic E-state index is 2.54. The lowest BCUT2D eigenvalue weighted by Gasteiger charge is -2.48. The molecule has 0 atom stereocenters. The van der Waals surface area contributed by atoms with E-state index in [0.717, 1.165) is 0 Å². The van der Waals surface area contributed by atoms with E-state index in [4.69, 9.17) is 0 Å². The van der Waals surface area contributed by atoms with Crippen LogP contribution in [0.5, 0.6) is 0 Å². The highest BCUT2D eigenvalue weighted by Crippen LogP contribution is 2.73. The van der Waals surface area contributed by atoms with Crippen LogP contribution in [0, 0.1) is 0 Å². The normalized spacial score (nSPS) is 23.9. The zero-order valence-electron chi connectivity index (χ0n) is 30.8. The van der Waals surface area contributed by atoms with Gasteiger partial charge >= 0.3 is 0 Å². The highest BCUT2D eigenvalue weighted by molar-refractivity contribution is 8.10.